The number of aliphatic imine (C=N–C) groups is 1. The second-order valence-corrected chi connectivity index (χ2v) is 8.73. The Balaban J connectivity index is 0.00000364. The van der Waals surface area contributed by atoms with Crippen LogP contribution in [0.25, 0.3) is 0 Å². The van der Waals surface area contributed by atoms with Crippen molar-refractivity contribution < 1.29 is 12.8 Å². The SMILES string of the molecule is CCN(CCCNC(=NC)NCC1(c2cccc(F)c2)CC1)S(C)(=O)=O.I. The minimum Gasteiger partial charge on any atom is -0.356 e. The summed E-state index contributed by atoms with van der Waals surface area (Å²) in [5.74, 6) is 0.470. The van der Waals surface area contributed by atoms with Crippen molar-refractivity contribution in [1.29, 1.82) is 0 Å². The van der Waals surface area contributed by atoms with Crippen LogP contribution in [0.3, 0.4) is 0 Å². The highest BCUT2D eigenvalue weighted by molar-refractivity contribution is 14.0. The van der Waals surface area contributed by atoms with Crippen molar-refractivity contribution in [2.24, 2.45) is 4.99 Å². The number of rotatable bonds is 9. The van der Waals surface area contributed by atoms with E-state index in [1.807, 2.05) is 13.0 Å². The van der Waals surface area contributed by atoms with Gasteiger partial charge in [0.2, 0.25) is 10.0 Å². The molecule has 0 atom stereocenters. The van der Waals surface area contributed by atoms with Crippen molar-refractivity contribution in [2.75, 3.05) is 39.5 Å². The van der Waals surface area contributed by atoms with Gasteiger partial charge in [0.15, 0.2) is 5.96 Å². The van der Waals surface area contributed by atoms with Crippen LogP contribution < -0.4 is 10.6 Å². The lowest BCUT2D eigenvalue weighted by Crippen LogP contribution is -2.42. The Morgan fingerprint density at radius 2 is 2.04 bits per heavy atom. The molecule has 0 spiro atoms. The van der Waals surface area contributed by atoms with Crippen LogP contribution in [-0.4, -0.2) is 58.2 Å². The zero-order valence-corrected chi connectivity index (χ0v) is 19.3. The summed E-state index contributed by atoms with van der Waals surface area (Å²) in [6.07, 6.45) is 3.98. The van der Waals surface area contributed by atoms with Gasteiger partial charge >= 0.3 is 0 Å². The third-order valence-electron chi connectivity index (χ3n) is 4.81. The van der Waals surface area contributed by atoms with Crippen LogP contribution >= 0.6 is 24.0 Å². The van der Waals surface area contributed by atoms with E-state index < -0.39 is 10.0 Å². The molecule has 1 aromatic carbocycles. The van der Waals surface area contributed by atoms with Gasteiger partial charge in [-0.2, -0.15) is 0 Å². The van der Waals surface area contributed by atoms with E-state index in [1.54, 1.807) is 19.2 Å². The lowest BCUT2D eigenvalue weighted by atomic mass is 9.96. The number of sulfonamides is 1. The summed E-state index contributed by atoms with van der Waals surface area (Å²) in [6, 6.07) is 6.79. The maximum atomic E-state index is 13.5. The topological polar surface area (TPSA) is 73.8 Å². The highest BCUT2D eigenvalue weighted by atomic mass is 127. The summed E-state index contributed by atoms with van der Waals surface area (Å²) in [6.45, 7) is 4.10. The van der Waals surface area contributed by atoms with Gasteiger partial charge < -0.3 is 10.6 Å². The highest BCUT2D eigenvalue weighted by Crippen LogP contribution is 2.47. The molecule has 27 heavy (non-hydrogen) atoms. The second kappa shape index (κ2) is 10.6. The monoisotopic (exact) mass is 512 g/mol. The molecule has 0 aromatic heterocycles. The number of benzene rings is 1. The number of nitrogens with zero attached hydrogens (tertiary/aromatic N) is 2. The van der Waals surface area contributed by atoms with Crippen molar-refractivity contribution in [2.45, 2.75) is 31.6 Å². The van der Waals surface area contributed by atoms with Crippen LogP contribution in [-0.2, 0) is 15.4 Å². The summed E-state index contributed by atoms with van der Waals surface area (Å²) in [5.41, 5.74) is 1.00. The Kier molecular flexibility index (Phi) is 9.43. The molecule has 1 fully saturated rings. The summed E-state index contributed by atoms with van der Waals surface area (Å²) >= 11 is 0. The molecule has 0 radical (unpaired) electrons. The Bertz CT molecular complexity index is 739. The molecule has 6 nitrogen and oxygen atoms in total. The third kappa shape index (κ3) is 7.19. The Labute approximate surface area is 179 Å². The van der Waals surface area contributed by atoms with Gasteiger partial charge in [0, 0.05) is 38.6 Å². The standard InChI is InChI=1S/C18H29FN4O2S.HI/c1-4-23(26(3,24)25)12-6-11-21-17(20-2)22-14-18(9-10-18)15-7-5-8-16(19)13-15;/h5,7-8,13H,4,6,9-12,14H2,1-3H3,(H2,20,21,22);1H. The average molecular weight is 512 g/mol. The first-order valence-corrected chi connectivity index (χ1v) is 10.8. The highest BCUT2D eigenvalue weighted by Gasteiger charge is 2.44. The first-order chi connectivity index (χ1) is 12.3. The van der Waals surface area contributed by atoms with Crippen LogP contribution in [0.15, 0.2) is 29.3 Å². The van der Waals surface area contributed by atoms with Crippen LogP contribution in [0, 0.1) is 5.82 Å². The fraction of sp³-hybridized carbons (Fsp3) is 0.611. The fourth-order valence-electron chi connectivity index (χ4n) is 3.03. The average Bonchev–Trinajstić information content (AvgIpc) is 3.37. The van der Waals surface area contributed by atoms with Gasteiger partial charge in [0.25, 0.3) is 0 Å². The molecule has 1 aromatic rings. The molecule has 154 valence electrons. The first kappa shape index (κ1) is 24.1. The van der Waals surface area contributed by atoms with Crippen molar-refractivity contribution >= 4 is 40.0 Å². The van der Waals surface area contributed by atoms with Crippen LogP contribution in [0.4, 0.5) is 4.39 Å². The van der Waals surface area contributed by atoms with Crippen molar-refractivity contribution in [3.05, 3.63) is 35.6 Å². The molecule has 1 aliphatic carbocycles. The second-order valence-electron chi connectivity index (χ2n) is 6.75. The maximum Gasteiger partial charge on any atom is 0.211 e. The molecular weight excluding hydrogens is 482 g/mol. The predicted molar refractivity (Wildman–Crippen MR) is 119 cm³/mol. The molecular formula is C18H30FIN4O2S. The minimum atomic E-state index is -3.15. The quantitative estimate of drug-likeness (QED) is 0.231. The van der Waals surface area contributed by atoms with Crippen LogP contribution in [0.5, 0.6) is 0 Å². The number of hydrogen-bond donors (Lipinski definition) is 2. The van der Waals surface area contributed by atoms with Crippen molar-refractivity contribution in [3.63, 3.8) is 0 Å². The van der Waals surface area contributed by atoms with E-state index in [4.69, 9.17) is 0 Å². The third-order valence-corrected chi connectivity index (χ3v) is 6.19. The number of nitrogens with one attached hydrogen (secondary N) is 2. The van der Waals surface area contributed by atoms with Crippen LogP contribution in [0.1, 0.15) is 31.7 Å². The normalized spacial score (nSPS) is 16.0. The summed E-state index contributed by atoms with van der Waals surface area (Å²) < 4.78 is 38.1. The summed E-state index contributed by atoms with van der Waals surface area (Å²) in [4.78, 5) is 4.20. The fourth-order valence-corrected chi connectivity index (χ4v) is 3.96. The van der Waals surface area contributed by atoms with Crippen molar-refractivity contribution in [3.8, 4) is 0 Å². The smallest absolute Gasteiger partial charge is 0.211 e. The van der Waals surface area contributed by atoms with Gasteiger partial charge in [-0.15, -0.1) is 24.0 Å². The molecule has 1 aliphatic rings. The molecule has 0 saturated heterocycles. The van der Waals surface area contributed by atoms with Gasteiger partial charge in [-0.3, -0.25) is 4.99 Å². The minimum absolute atomic E-state index is 0. The van der Waals surface area contributed by atoms with Gasteiger partial charge in [-0.05, 0) is 37.0 Å². The Morgan fingerprint density at radius 1 is 1.33 bits per heavy atom. The maximum absolute atomic E-state index is 13.5. The molecule has 0 heterocycles. The van der Waals surface area contributed by atoms with Gasteiger partial charge in [0.1, 0.15) is 5.82 Å². The van der Waals surface area contributed by atoms with Crippen LogP contribution in [0.2, 0.25) is 0 Å². The molecule has 9 heteroatoms. The lowest BCUT2D eigenvalue weighted by Gasteiger charge is -2.20. The Morgan fingerprint density at radius 3 is 2.56 bits per heavy atom. The number of halogens is 2. The van der Waals surface area contributed by atoms with E-state index in [1.165, 1.54) is 16.6 Å². The largest absolute Gasteiger partial charge is 0.356 e. The summed E-state index contributed by atoms with van der Waals surface area (Å²) in [7, 11) is -1.45. The van der Waals surface area contributed by atoms with E-state index in [9.17, 15) is 12.8 Å². The van der Waals surface area contributed by atoms with Gasteiger partial charge in [0.05, 0.1) is 6.26 Å². The molecule has 0 unspecified atom stereocenters. The number of hydrogen-bond acceptors (Lipinski definition) is 3. The van der Waals surface area contributed by atoms with Crippen molar-refractivity contribution in [1.82, 2.24) is 14.9 Å². The summed E-state index contributed by atoms with van der Waals surface area (Å²) in [5, 5.41) is 6.51. The molecule has 0 amide bonds. The Hall–Kier alpha value is -0.940. The van der Waals surface area contributed by atoms with E-state index in [0.29, 0.717) is 38.6 Å². The van der Waals surface area contributed by atoms with E-state index >= 15 is 0 Å². The molecule has 1 saturated carbocycles. The zero-order valence-electron chi connectivity index (χ0n) is 16.2. The number of guanidine groups is 1. The molecule has 0 bridgehead atoms. The molecule has 2 N–H and O–H groups in total. The first-order valence-electron chi connectivity index (χ1n) is 8.96. The van der Waals surface area contributed by atoms with E-state index in [2.05, 4.69) is 15.6 Å². The van der Waals surface area contributed by atoms with E-state index in [-0.39, 0.29) is 35.2 Å². The lowest BCUT2D eigenvalue weighted by molar-refractivity contribution is 0.424. The van der Waals surface area contributed by atoms with E-state index in [0.717, 1.165) is 18.4 Å². The van der Waals surface area contributed by atoms with Gasteiger partial charge in [-0.1, -0.05) is 19.1 Å². The van der Waals surface area contributed by atoms with Gasteiger partial charge in [-0.25, -0.2) is 17.1 Å². The molecule has 2 rings (SSSR count). The molecule has 0 aliphatic heterocycles. The zero-order chi connectivity index (χ0) is 19.2. The predicted octanol–water partition coefficient (Wildman–Crippen LogP) is 2.31.